The van der Waals surface area contributed by atoms with Crippen LogP contribution in [0.15, 0.2) is 29.2 Å². The van der Waals surface area contributed by atoms with Crippen LogP contribution in [0.4, 0.5) is 0 Å². The number of benzene rings is 1. The van der Waals surface area contributed by atoms with Crippen molar-refractivity contribution < 1.29 is 4.74 Å². The van der Waals surface area contributed by atoms with Gasteiger partial charge in [0, 0.05) is 11.4 Å². The van der Waals surface area contributed by atoms with Gasteiger partial charge in [0.05, 0.1) is 18.6 Å². The zero-order chi connectivity index (χ0) is 11.4. The monoisotopic (exact) mass is 237 g/mol. The molecule has 1 fully saturated rings. The lowest BCUT2D eigenvalue weighted by molar-refractivity contribution is -0.0588. The number of nitrogens with one attached hydrogen (secondary N) is 1. The average Bonchev–Trinajstić information content (AvgIpc) is 2.29. The van der Waals surface area contributed by atoms with Crippen LogP contribution in [0.2, 0.25) is 0 Å². The van der Waals surface area contributed by atoms with Crippen molar-refractivity contribution in [3.8, 4) is 0 Å². The van der Waals surface area contributed by atoms with E-state index in [-0.39, 0.29) is 5.41 Å². The van der Waals surface area contributed by atoms with Crippen molar-refractivity contribution in [3.05, 3.63) is 29.8 Å². The Morgan fingerprint density at radius 3 is 2.44 bits per heavy atom. The van der Waals surface area contributed by atoms with Gasteiger partial charge in [-0.3, -0.25) is 0 Å². The van der Waals surface area contributed by atoms with Crippen LogP contribution < -0.4 is 5.32 Å². The number of likely N-dealkylation sites (N-methyl/N-ethyl adjacent to an activating group) is 1. The maximum absolute atomic E-state index is 5.40. The normalized spacial score (nSPS) is 18.1. The van der Waals surface area contributed by atoms with Gasteiger partial charge in [-0.15, -0.1) is 11.8 Å². The zero-order valence-corrected chi connectivity index (χ0v) is 10.8. The first kappa shape index (κ1) is 12.0. The molecule has 88 valence electrons. The highest BCUT2D eigenvalue weighted by Gasteiger charge is 2.39. The Morgan fingerprint density at radius 1 is 1.31 bits per heavy atom. The molecule has 0 amide bonds. The second-order valence-electron chi connectivity index (χ2n) is 4.28. The fourth-order valence-electron chi connectivity index (χ4n) is 2.03. The van der Waals surface area contributed by atoms with E-state index >= 15 is 0 Å². The summed E-state index contributed by atoms with van der Waals surface area (Å²) in [5, 5.41) is 3.43. The van der Waals surface area contributed by atoms with Gasteiger partial charge in [0.25, 0.3) is 0 Å². The highest BCUT2D eigenvalue weighted by molar-refractivity contribution is 7.98. The van der Waals surface area contributed by atoms with Crippen LogP contribution in [0.1, 0.15) is 12.5 Å². The van der Waals surface area contributed by atoms with Crippen LogP contribution in [-0.4, -0.2) is 32.6 Å². The molecule has 0 bridgehead atoms. The van der Waals surface area contributed by atoms with Crippen molar-refractivity contribution >= 4 is 11.8 Å². The molecule has 0 spiro atoms. The molecule has 1 aromatic carbocycles. The Hall–Kier alpha value is -0.510. The van der Waals surface area contributed by atoms with Crippen molar-refractivity contribution in [1.29, 1.82) is 0 Å². The summed E-state index contributed by atoms with van der Waals surface area (Å²) in [5.74, 6) is 0. The maximum atomic E-state index is 5.40. The molecule has 1 heterocycles. The van der Waals surface area contributed by atoms with Gasteiger partial charge in [-0.05, 0) is 30.5 Å². The Bertz CT molecular complexity index is 332. The van der Waals surface area contributed by atoms with Crippen molar-refractivity contribution in [2.45, 2.75) is 17.2 Å². The summed E-state index contributed by atoms with van der Waals surface area (Å²) in [6.07, 6.45) is 2.11. The van der Waals surface area contributed by atoms with Crippen LogP contribution in [0, 0.1) is 0 Å². The summed E-state index contributed by atoms with van der Waals surface area (Å²) in [7, 11) is 0. The lowest BCUT2D eigenvalue weighted by Gasteiger charge is -2.42. The van der Waals surface area contributed by atoms with Gasteiger partial charge >= 0.3 is 0 Å². The van der Waals surface area contributed by atoms with Crippen molar-refractivity contribution in [3.63, 3.8) is 0 Å². The van der Waals surface area contributed by atoms with Crippen LogP contribution in [0.3, 0.4) is 0 Å². The van der Waals surface area contributed by atoms with Gasteiger partial charge in [-0.25, -0.2) is 0 Å². The molecule has 1 aliphatic rings. The van der Waals surface area contributed by atoms with E-state index in [2.05, 4.69) is 42.8 Å². The third-order valence-electron chi connectivity index (χ3n) is 3.17. The Morgan fingerprint density at radius 2 is 2.00 bits per heavy atom. The molecule has 2 nitrogen and oxygen atoms in total. The Kier molecular flexibility index (Phi) is 3.90. The summed E-state index contributed by atoms with van der Waals surface area (Å²) < 4.78 is 5.40. The molecule has 0 radical (unpaired) electrons. The highest BCUT2D eigenvalue weighted by atomic mass is 32.2. The topological polar surface area (TPSA) is 21.3 Å². The highest BCUT2D eigenvalue weighted by Crippen LogP contribution is 2.32. The van der Waals surface area contributed by atoms with Crippen LogP contribution >= 0.6 is 11.8 Å². The fraction of sp³-hybridized carbons (Fsp3) is 0.538. The Labute approximate surface area is 102 Å². The molecule has 0 aliphatic carbocycles. The lowest BCUT2D eigenvalue weighted by Crippen LogP contribution is -2.53. The molecule has 1 aliphatic heterocycles. The van der Waals surface area contributed by atoms with E-state index in [0.717, 1.165) is 26.3 Å². The second-order valence-corrected chi connectivity index (χ2v) is 5.16. The lowest BCUT2D eigenvalue weighted by atomic mass is 9.78. The molecule has 16 heavy (non-hydrogen) atoms. The number of hydrogen-bond acceptors (Lipinski definition) is 3. The van der Waals surface area contributed by atoms with Gasteiger partial charge in [0.1, 0.15) is 0 Å². The van der Waals surface area contributed by atoms with E-state index in [1.54, 1.807) is 11.8 Å². The largest absolute Gasteiger partial charge is 0.379 e. The minimum absolute atomic E-state index is 0.215. The van der Waals surface area contributed by atoms with E-state index in [1.807, 2.05) is 0 Å². The van der Waals surface area contributed by atoms with Gasteiger partial charge in [-0.1, -0.05) is 19.1 Å². The Balaban J connectivity index is 2.13. The summed E-state index contributed by atoms with van der Waals surface area (Å²) in [6.45, 7) is 5.87. The molecular formula is C13H19NOS. The first-order valence-electron chi connectivity index (χ1n) is 5.74. The fourth-order valence-corrected chi connectivity index (χ4v) is 2.44. The van der Waals surface area contributed by atoms with E-state index in [4.69, 9.17) is 4.74 Å². The van der Waals surface area contributed by atoms with E-state index in [1.165, 1.54) is 10.5 Å². The molecule has 0 atom stereocenters. The van der Waals surface area contributed by atoms with Crippen molar-refractivity contribution in [2.75, 3.05) is 32.6 Å². The van der Waals surface area contributed by atoms with Gasteiger partial charge in [0.2, 0.25) is 0 Å². The summed E-state index contributed by atoms with van der Waals surface area (Å²) in [6, 6.07) is 8.88. The number of rotatable bonds is 5. The molecule has 2 rings (SSSR count). The second kappa shape index (κ2) is 5.21. The minimum atomic E-state index is 0.215. The zero-order valence-electron chi connectivity index (χ0n) is 9.95. The maximum Gasteiger partial charge on any atom is 0.0598 e. The van der Waals surface area contributed by atoms with Gasteiger partial charge < -0.3 is 10.1 Å². The third kappa shape index (κ3) is 2.26. The van der Waals surface area contributed by atoms with E-state index in [9.17, 15) is 0 Å². The molecule has 1 aromatic rings. The summed E-state index contributed by atoms with van der Waals surface area (Å²) in [4.78, 5) is 1.32. The molecule has 0 unspecified atom stereocenters. The quantitative estimate of drug-likeness (QED) is 0.794. The first-order chi connectivity index (χ1) is 7.80. The number of hydrogen-bond donors (Lipinski definition) is 1. The van der Waals surface area contributed by atoms with Gasteiger partial charge in [0.15, 0.2) is 0 Å². The molecule has 1 saturated heterocycles. The van der Waals surface area contributed by atoms with Crippen LogP contribution in [-0.2, 0) is 10.2 Å². The SMILES string of the molecule is CCNCC1(c2ccc(SC)cc2)COC1. The third-order valence-corrected chi connectivity index (χ3v) is 3.92. The minimum Gasteiger partial charge on any atom is -0.379 e. The van der Waals surface area contributed by atoms with Crippen LogP contribution in [0.5, 0.6) is 0 Å². The first-order valence-corrected chi connectivity index (χ1v) is 6.96. The standard InChI is InChI=1S/C13H19NOS/c1-3-14-8-13(9-15-10-13)11-4-6-12(16-2)7-5-11/h4-7,14H,3,8-10H2,1-2H3. The molecule has 1 N–H and O–H groups in total. The number of thioether (sulfide) groups is 1. The molecule has 3 heteroatoms. The van der Waals surface area contributed by atoms with Crippen LogP contribution in [0.25, 0.3) is 0 Å². The smallest absolute Gasteiger partial charge is 0.0598 e. The summed E-state index contributed by atoms with van der Waals surface area (Å²) in [5.41, 5.74) is 1.62. The predicted molar refractivity (Wildman–Crippen MR) is 69.3 cm³/mol. The molecule has 0 aromatic heterocycles. The predicted octanol–water partition coefficient (Wildman–Crippen LogP) is 2.29. The molecular weight excluding hydrogens is 218 g/mol. The van der Waals surface area contributed by atoms with E-state index in [0.29, 0.717) is 0 Å². The average molecular weight is 237 g/mol. The van der Waals surface area contributed by atoms with Crippen molar-refractivity contribution in [1.82, 2.24) is 5.32 Å². The van der Waals surface area contributed by atoms with Crippen molar-refractivity contribution in [2.24, 2.45) is 0 Å². The summed E-state index contributed by atoms with van der Waals surface area (Å²) >= 11 is 1.78. The molecule has 0 saturated carbocycles. The van der Waals surface area contributed by atoms with Gasteiger partial charge in [-0.2, -0.15) is 0 Å². The van der Waals surface area contributed by atoms with E-state index < -0.39 is 0 Å². The number of ether oxygens (including phenoxy) is 1.